The predicted octanol–water partition coefficient (Wildman–Crippen LogP) is 2.27. The Morgan fingerprint density at radius 3 is 2.38 bits per heavy atom. The van der Waals surface area contributed by atoms with Crippen molar-refractivity contribution in [2.45, 2.75) is 26.7 Å². The molecule has 1 amide bonds. The van der Waals surface area contributed by atoms with E-state index in [4.69, 9.17) is 5.11 Å². The SMILES string of the molecule is CCCCN(CCO)CC(=O)N(CC)c1ccc(F)cc1. The van der Waals surface area contributed by atoms with Crippen LogP contribution in [-0.2, 0) is 4.79 Å². The van der Waals surface area contributed by atoms with Gasteiger partial charge in [0.1, 0.15) is 5.82 Å². The van der Waals surface area contributed by atoms with Crippen LogP contribution in [-0.4, -0.2) is 48.7 Å². The fourth-order valence-corrected chi connectivity index (χ4v) is 2.19. The molecule has 0 atom stereocenters. The second-order valence-electron chi connectivity index (χ2n) is 4.97. The minimum atomic E-state index is -0.313. The highest BCUT2D eigenvalue weighted by molar-refractivity contribution is 5.94. The molecule has 0 heterocycles. The number of rotatable bonds is 9. The van der Waals surface area contributed by atoms with Gasteiger partial charge in [-0.15, -0.1) is 0 Å². The zero-order chi connectivity index (χ0) is 15.7. The van der Waals surface area contributed by atoms with Crippen molar-refractivity contribution < 1.29 is 14.3 Å². The van der Waals surface area contributed by atoms with Crippen molar-refractivity contribution in [3.8, 4) is 0 Å². The highest BCUT2D eigenvalue weighted by Gasteiger charge is 2.17. The molecule has 5 heteroatoms. The maximum Gasteiger partial charge on any atom is 0.241 e. The molecule has 0 aliphatic rings. The zero-order valence-electron chi connectivity index (χ0n) is 12.9. The van der Waals surface area contributed by atoms with Gasteiger partial charge in [0.05, 0.1) is 13.2 Å². The summed E-state index contributed by atoms with van der Waals surface area (Å²) in [5.74, 6) is -0.347. The van der Waals surface area contributed by atoms with E-state index in [-0.39, 0.29) is 24.9 Å². The number of carbonyl (C=O) groups excluding carboxylic acids is 1. The Labute approximate surface area is 126 Å². The van der Waals surface area contributed by atoms with Gasteiger partial charge in [0, 0.05) is 18.8 Å². The molecule has 0 saturated heterocycles. The van der Waals surface area contributed by atoms with Crippen LogP contribution in [0.3, 0.4) is 0 Å². The van der Waals surface area contributed by atoms with Crippen molar-refractivity contribution >= 4 is 11.6 Å². The lowest BCUT2D eigenvalue weighted by Crippen LogP contribution is -2.41. The topological polar surface area (TPSA) is 43.8 Å². The highest BCUT2D eigenvalue weighted by Crippen LogP contribution is 2.15. The fourth-order valence-electron chi connectivity index (χ4n) is 2.19. The van der Waals surface area contributed by atoms with E-state index in [1.54, 1.807) is 17.0 Å². The molecule has 0 aliphatic heterocycles. The van der Waals surface area contributed by atoms with Crippen molar-refractivity contribution in [1.29, 1.82) is 0 Å². The summed E-state index contributed by atoms with van der Waals surface area (Å²) in [6.45, 7) is 6.12. The standard InChI is InChI=1S/C16H25FN2O2/c1-3-5-10-18(11-12-20)13-16(21)19(4-2)15-8-6-14(17)7-9-15/h6-9,20H,3-5,10-13H2,1-2H3. The molecular weight excluding hydrogens is 271 g/mol. The van der Waals surface area contributed by atoms with Crippen LogP contribution >= 0.6 is 0 Å². The monoisotopic (exact) mass is 296 g/mol. The van der Waals surface area contributed by atoms with Crippen LogP contribution in [0.2, 0.25) is 0 Å². The Balaban J connectivity index is 2.70. The minimum absolute atomic E-state index is 0.0336. The van der Waals surface area contributed by atoms with Gasteiger partial charge >= 0.3 is 0 Å². The lowest BCUT2D eigenvalue weighted by molar-refractivity contribution is -0.119. The van der Waals surface area contributed by atoms with Gasteiger partial charge in [-0.2, -0.15) is 0 Å². The summed E-state index contributed by atoms with van der Waals surface area (Å²) in [5.41, 5.74) is 0.698. The number of hydrogen-bond acceptors (Lipinski definition) is 3. The second kappa shape index (κ2) is 9.47. The normalized spacial score (nSPS) is 10.9. The lowest BCUT2D eigenvalue weighted by Gasteiger charge is -2.26. The molecule has 0 aromatic heterocycles. The first-order valence-corrected chi connectivity index (χ1v) is 7.51. The van der Waals surface area contributed by atoms with Gasteiger partial charge in [-0.1, -0.05) is 13.3 Å². The lowest BCUT2D eigenvalue weighted by atomic mass is 10.2. The third-order valence-electron chi connectivity index (χ3n) is 3.36. The van der Waals surface area contributed by atoms with Gasteiger partial charge in [-0.25, -0.2) is 4.39 Å². The first-order chi connectivity index (χ1) is 10.1. The quantitative estimate of drug-likeness (QED) is 0.760. The largest absolute Gasteiger partial charge is 0.395 e. The third-order valence-corrected chi connectivity index (χ3v) is 3.36. The van der Waals surface area contributed by atoms with Crippen LogP contribution in [0.1, 0.15) is 26.7 Å². The summed E-state index contributed by atoms with van der Waals surface area (Å²) in [4.78, 5) is 16.0. The molecule has 1 aromatic carbocycles. The third kappa shape index (κ3) is 5.81. The van der Waals surface area contributed by atoms with E-state index >= 15 is 0 Å². The number of likely N-dealkylation sites (N-methyl/N-ethyl adjacent to an activating group) is 1. The average molecular weight is 296 g/mol. The molecule has 1 aromatic rings. The van der Waals surface area contributed by atoms with Crippen LogP contribution in [0.5, 0.6) is 0 Å². The van der Waals surface area contributed by atoms with Gasteiger partial charge in [0.15, 0.2) is 0 Å². The summed E-state index contributed by atoms with van der Waals surface area (Å²) < 4.78 is 13.0. The zero-order valence-corrected chi connectivity index (χ0v) is 12.9. The van der Waals surface area contributed by atoms with Crippen molar-refractivity contribution in [3.63, 3.8) is 0 Å². The van der Waals surface area contributed by atoms with E-state index in [2.05, 4.69) is 6.92 Å². The Hall–Kier alpha value is -1.46. The van der Waals surface area contributed by atoms with E-state index in [1.165, 1.54) is 12.1 Å². The van der Waals surface area contributed by atoms with Gasteiger partial charge in [-0.3, -0.25) is 9.69 Å². The molecular formula is C16H25FN2O2. The maximum atomic E-state index is 13.0. The highest BCUT2D eigenvalue weighted by atomic mass is 19.1. The average Bonchev–Trinajstić information content (AvgIpc) is 2.47. The number of aliphatic hydroxyl groups excluding tert-OH is 1. The summed E-state index contributed by atoms with van der Waals surface area (Å²) in [6.07, 6.45) is 2.04. The summed E-state index contributed by atoms with van der Waals surface area (Å²) >= 11 is 0. The van der Waals surface area contributed by atoms with Crippen molar-refractivity contribution in [2.24, 2.45) is 0 Å². The minimum Gasteiger partial charge on any atom is -0.395 e. The van der Waals surface area contributed by atoms with Gasteiger partial charge in [0.25, 0.3) is 0 Å². The van der Waals surface area contributed by atoms with E-state index < -0.39 is 0 Å². The van der Waals surface area contributed by atoms with E-state index in [9.17, 15) is 9.18 Å². The number of hydrogen-bond donors (Lipinski definition) is 1. The number of amides is 1. The first-order valence-electron chi connectivity index (χ1n) is 7.51. The Bertz CT molecular complexity index is 423. The molecule has 0 bridgehead atoms. The number of halogens is 1. The summed E-state index contributed by atoms with van der Waals surface area (Å²) in [7, 11) is 0. The van der Waals surface area contributed by atoms with Crippen molar-refractivity contribution in [2.75, 3.05) is 37.7 Å². The number of carbonyl (C=O) groups is 1. The molecule has 0 unspecified atom stereocenters. The van der Waals surface area contributed by atoms with Crippen molar-refractivity contribution in [1.82, 2.24) is 4.90 Å². The molecule has 1 rings (SSSR count). The number of benzene rings is 1. The number of anilines is 1. The van der Waals surface area contributed by atoms with E-state index in [0.29, 0.717) is 18.8 Å². The smallest absolute Gasteiger partial charge is 0.241 e. The van der Waals surface area contributed by atoms with Gasteiger partial charge in [-0.05, 0) is 44.2 Å². The maximum absolute atomic E-state index is 13.0. The Morgan fingerprint density at radius 1 is 1.19 bits per heavy atom. The number of nitrogens with zero attached hydrogens (tertiary/aromatic N) is 2. The molecule has 21 heavy (non-hydrogen) atoms. The molecule has 0 fully saturated rings. The molecule has 4 nitrogen and oxygen atoms in total. The fraction of sp³-hybridized carbons (Fsp3) is 0.562. The van der Waals surface area contributed by atoms with Crippen molar-refractivity contribution in [3.05, 3.63) is 30.1 Å². The van der Waals surface area contributed by atoms with Gasteiger partial charge in [0.2, 0.25) is 5.91 Å². The van der Waals surface area contributed by atoms with Crippen LogP contribution in [0.25, 0.3) is 0 Å². The Morgan fingerprint density at radius 2 is 1.86 bits per heavy atom. The van der Waals surface area contributed by atoms with Crippen LogP contribution in [0.15, 0.2) is 24.3 Å². The number of unbranched alkanes of at least 4 members (excludes halogenated alkanes) is 1. The molecule has 0 saturated carbocycles. The Kier molecular flexibility index (Phi) is 7.93. The molecule has 0 radical (unpaired) electrons. The number of aliphatic hydroxyl groups is 1. The van der Waals surface area contributed by atoms with Crippen LogP contribution in [0, 0.1) is 5.82 Å². The molecule has 1 N–H and O–H groups in total. The van der Waals surface area contributed by atoms with Crippen LogP contribution < -0.4 is 4.90 Å². The predicted molar refractivity (Wildman–Crippen MR) is 82.9 cm³/mol. The van der Waals surface area contributed by atoms with E-state index in [0.717, 1.165) is 19.4 Å². The summed E-state index contributed by atoms with van der Waals surface area (Å²) in [5, 5.41) is 9.08. The first kappa shape index (κ1) is 17.6. The van der Waals surface area contributed by atoms with Crippen LogP contribution in [0.4, 0.5) is 10.1 Å². The second-order valence-corrected chi connectivity index (χ2v) is 4.97. The summed E-state index contributed by atoms with van der Waals surface area (Å²) in [6, 6.07) is 5.93. The molecule has 118 valence electrons. The van der Waals surface area contributed by atoms with E-state index in [1.807, 2.05) is 11.8 Å². The molecule has 0 aliphatic carbocycles. The van der Waals surface area contributed by atoms with Gasteiger partial charge < -0.3 is 10.0 Å². The molecule has 0 spiro atoms.